The Bertz CT molecular complexity index is 967. The Kier molecular flexibility index (Phi) is 7.97. The van der Waals surface area contributed by atoms with Crippen LogP contribution in [-0.2, 0) is 15.7 Å². The summed E-state index contributed by atoms with van der Waals surface area (Å²) in [5.74, 6) is -0.0478. The lowest BCUT2D eigenvalue weighted by molar-refractivity contribution is -0.384. The van der Waals surface area contributed by atoms with Crippen LogP contribution in [0, 0.1) is 13.7 Å². The second kappa shape index (κ2) is 10.2. The molecule has 0 radical (unpaired) electrons. The zero-order chi connectivity index (χ0) is 22.3. The molecule has 0 aliphatic rings. The number of nitrogens with zero attached hydrogens (tertiary/aromatic N) is 2. The molecule has 0 spiro atoms. The van der Waals surface area contributed by atoms with Crippen LogP contribution in [0.25, 0.3) is 0 Å². The number of rotatable bonds is 8. The number of nitro benzene ring substituents is 1. The third-order valence-corrected chi connectivity index (χ3v) is 4.37. The fourth-order valence-electron chi connectivity index (χ4n) is 2.18. The molecule has 0 fully saturated rings. The summed E-state index contributed by atoms with van der Waals surface area (Å²) in [7, 11) is 0. The molecule has 2 aromatic carbocycles. The summed E-state index contributed by atoms with van der Waals surface area (Å²) in [6.07, 6.45) is -3.36. The molecule has 0 atom stereocenters. The van der Waals surface area contributed by atoms with E-state index in [9.17, 15) is 28.1 Å². The zero-order valence-electron chi connectivity index (χ0n) is 15.4. The summed E-state index contributed by atoms with van der Waals surface area (Å²) >= 11 is 1.99. The van der Waals surface area contributed by atoms with E-state index in [2.05, 4.69) is 10.5 Å². The molecule has 0 aliphatic heterocycles. The predicted octanol–water partition coefficient (Wildman–Crippen LogP) is 4.61. The third kappa shape index (κ3) is 6.57. The molecule has 0 saturated carbocycles. The number of carbonyl (C=O) groups excluding carboxylic acids is 1. The van der Waals surface area contributed by atoms with Gasteiger partial charge in [0.1, 0.15) is 11.4 Å². The van der Waals surface area contributed by atoms with Crippen molar-refractivity contribution in [2.75, 3.05) is 18.6 Å². The minimum Gasteiger partial charge on any atom is -0.481 e. The Morgan fingerprint density at radius 2 is 2.03 bits per heavy atom. The van der Waals surface area contributed by atoms with Gasteiger partial charge in [-0.1, -0.05) is 0 Å². The molecule has 0 saturated heterocycles. The molecule has 0 unspecified atom stereocenters. The number of ether oxygens (including phenoxy) is 2. The van der Waals surface area contributed by atoms with Crippen molar-refractivity contribution >= 4 is 46.1 Å². The highest BCUT2D eigenvalue weighted by molar-refractivity contribution is 14.1. The van der Waals surface area contributed by atoms with Crippen LogP contribution in [0.4, 0.5) is 24.5 Å². The number of esters is 1. The Labute approximate surface area is 182 Å². The number of nitrogens with one attached hydrogen (secondary N) is 1. The first-order chi connectivity index (χ1) is 14.1. The Balaban J connectivity index is 2.09. The first-order valence-electron chi connectivity index (χ1n) is 8.34. The topological polar surface area (TPSA) is 103 Å². The minimum absolute atomic E-state index is 0.187. The van der Waals surface area contributed by atoms with Crippen molar-refractivity contribution in [3.05, 3.63) is 61.2 Å². The summed E-state index contributed by atoms with van der Waals surface area (Å²) in [4.78, 5) is 21.5. The molecule has 2 rings (SSSR count). The number of anilines is 1. The zero-order valence-corrected chi connectivity index (χ0v) is 17.6. The molecule has 0 aromatic heterocycles. The highest BCUT2D eigenvalue weighted by atomic mass is 127. The van der Waals surface area contributed by atoms with Gasteiger partial charge in [0.25, 0.3) is 5.69 Å². The third-order valence-electron chi connectivity index (χ3n) is 3.53. The summed E-state index contributed by atoms with van der Waals surface area (Å²) in [6.45, 7) is 1.69. The summed E-state index contributed by atoms with van der Waals surface area (Å²) in [5, 5.41) is 14.9. The van der Waals surface area contributed by atoms with Crippen molar-refractivity contribution in [2.45, 2.75) is 13.1 Å². The monoisotopic (exact) mass is 537 g/mol. The van der Waals surface area contributed by atoms with Crippen LogP contribution < -0.4 is 10.2 Å². The molecule has 0 bridgehead atoms. The normalized spacial score (nSPS) is 11.4. The lowest BCUT2D eigenvalue weighted by Gasteiger charge is -2.09. The maximum Gasteiger partial charge on any atom is 0.416 e. The highest BCUT2D eigenvalue weighted by Crippen LogP contribution is 2.35. The van der Waals surface area contributed by atoms with Crippen LogP contribution in [0.5, 0.6) is 5.75 Å². The van der Waals surface area contributed by atoms with Crippen LogP contribution in [0.3, 0.4) is 0 Å². The minimum atomic E-state index is -4.69. The number of nitro groups is 1. The van der Waals surface area contributed by atoms with E-state index >= 15 is 0 Å². The van der Waals surface area contributed by atoms with Crippen LogP contribution in [-0.4, -0.2) is 30.3 Å². The fraction of sp³-hybridized carbons (Fsp3) is 0.222. The lowest BCUT2D eigenvalue weighted by Crippen LogP contribution is -2.15. The molecule has 160 valence electrons. The van der Waals surface area contributed by atoms with E-state index in [1.807, 2.05) is 22.6 Å². The fourth-order valence-corrected chi connectivity index (χ4v) is 2.88. The molecule has 30 heavy (non-hydrogen) atoms. The summed E-state index contributed by atoms with van der Waals surface area (Å²) in [6, 6.07) is 7.00. The number of benzene rings is 2. The van der Waals surface area contributed by atoms with Gasteiger partial charge in [-0.25, -0.2) is 4.79 Å². The van der Waals surface area contributed by atoms with Crippen LogP contribution in [0.1, 0.15) is 18.1 Å². The number of alkyl halides is 3. The lowest BCUT2D eigenvalue weighted by atomic mass is 10.1. The highest BCUT2D eigenvalue weighted by Gasteiger charge is 2.33. The summed E-state index contributed by atoms with van der Waals surface area (Å²) in [5.41, 5.74) is 0.898. The van der Waals surface area contributed by atoms with E-state index in [1.165, 1.54) is 6.21 Å². The molecule has 1 N–H and O–H groups in total. The maximum absolute atomic E-state index is 12.7. The smallest absolute Gasteiger partial charge is 0.416 e. The largest absolute Gasteiger partial charge is 0.481 e. The second-order valence-electron chi connectivity index (χ2n) is 5.64. The van der Waals surface area contributed by atoms with E-state index in [0.29, 0.717) is 20.9 Å². The first kappa shape index (κ1) is 23.4. The number of hydrogen-bond donors (Lipinski definition) is 1. The molecular formula is C18H15F3IN3O5. The van der Waals surface area contributed by atoms with Gasteiger partial charge in [-0.15, -0.1) is 0 Å². The van der Waals surface area contributed by atoms with Crippen molar-refractivity contribution in [2.24, 2.45) is 5.10 Å². The van der Waals surface area contributed by atoms with E-state index in [-0.39, 0.29) is 18.9 Å². The van der Waals surface area contributed by atoms with E-state index in [4.69, 9.17) is 9.47 Å². The number of hydrogen-bond acceptors (Lipinski definition) is 7. The molecule has 12 heteroatoms. The summed E-state index contributed by atoms with van der Waals surface area (Å²) < 4.78 is 49.0. The number of halogens is 4. The SMILES string of the molecule is CCOC(=O)COc1ccc(/C=N\Nc2ccc(C(F)(F)F)cc2[N+](=O)[O-])cc1I. The molecule has 2 aromatic rings. The van der Waals surface area contributed by atoms with Crippen molar-refractivity contribution in [1.29, 1.82) is 0 Å². The van der Waals surface area contributed by atoms with Gasteiger partial charge in [-0.05, 0) is 65.4 Å². The average molecular weight is 537 g/mol. The molecule has 8 nitrogen and oxygen atoms in total. The quantitative estimate of drug-likeness (QED) is 0.174. The van der Waals surface area contributed by atoms with Crippen LogP contribution >= 0.6 is 22.6 Å². The Hall–Kier alpha value is -2.90. The van der Waals surface area contributed by atoms with Gasteiger partial charge in [-0.3, -0.25) is 15.5 Å². The van der Waals surface area contributed by atoms with Crippen molar-refractivity contribution in [1.82, 2.24) is 0 Å². The van der Waals surface area contributed by atoms with Crippen molar-refractivity contribution < 1.29 is 32.4 Å². The average Bonchev–Trinajstić information content (AvgIpc) is 2.66. The van der Waals surface area contributed by atoms with Crippen LogP contribution in [0.2, 0.25) is 0 Å². The number of hydrazone groups is 1. The molecule has 0 aliphatic carbocycles. The van der Waals surface area contributed by atoms with Crippen molar-refractivity contribution in [3.63, 3.8) is 0 Å². The van der Waals surface area contributed by atoms with Crippen LogP contribution in [0.15, 0.2) is 41.5 Å². The van der Waals surface area contributed by atoms with Gasteiger partial charge in [0.2, 0.25) is 0 Å². The van der Waals surface area contributed by atoms with Gasteiger partial charge in [0.05, 0.1) is 26.9 Å². The van der Waals surface area contributed by atoms with Gasteiger partial charge < -0.3 is 9.47 Å². The van der Waals surface area contributed by atoms with Gasteiger partial charge in [0.15, 0.2) is 6.61 Å². The standard InChI is InChI=1S/C18H15F3IN3O5/c1-2-29-17(26)10-30-16-6-3-11(7-13(16)22)9-23-24-14-5-4-12(18(19,20)21)8-15(14)25(27)28/h3-9,24H,2,10H2,1H3/b23-9-. The van der Waals surface area contributed by atoms with Crippen molar-refractivity contribution in [3.8, 4) is 5.75 Å². The maximum atomic E-state index is 12.7. The van der Waals surface area contributed by atoms with E-state index in [0.717, 1.165) is 12.1 Å². The van der Waals surface area contributed by atoms with E-state index < -0.39 is 28.3 Å². The second-order valence-corrected chi connectivity index (χ2v) is 6.80. The first-order valence-corrected chi connectivity index (χ1v) is 9.42. The molecule has 0 heterocycles. The molecule has 0 amide bonds. The molecular weight excluding hydrogens is 522 g/mol. The van der Waals surface area contributed by atoms with Gasteiger partial charge in [-0.2, -0.15) is 18.3 Å². The number of carbonyl (C=O) groups is 1. The van der Waals surface area contributed by atoms with Gasteiger partial charge in [0, 0.05) is 6.07 Å². The van der Waals surface area contributed by atoms with E-state index in [1.54, 1.807) is 25.1 Å². The Morgan fingerprint density at radius 1 is 1.30 bits per heavy atom. The predicted molar refractivity (Wildman–Crippen MR) is 111 cm³/mol. The Morgan fingerprint density at radius 3 is 2.63 bits per heavy atom. The van der Waals surface area contributed by atoms with Gasteiger partial charge >= 0.3 is 12.1 Å².